The third-order valence-corrected chi connectivity index (χ3v) is 1.75. The Morgan fingerprint density at radius 2 is 2.00 bits per heavy atom. The molecule has 0 saturated carbocycles. The van der Waals surface area contributed by atoms with Gasteiger partial charge in [0.1, 0.15) is 0 Å². The van der Waals surface area contributed by atoms with Crippen LogP contribution in [0.1, 0.15) is 13.8 Å². The Labute approximate surface area is 60.4 Å². The van der Waals surface area contributed by atoms with E-state index in [0.29, 0.717) is 0 Å². The second kappa shape index (κ2) is 4.10. The fraction of sp³-hybridized carbons (Fsp3) is 0.500. The van der Waals surface area contributed by atoms with Crippen LogP contribution in [-0.2, 0) is 0 Å². The molecule has 46 valence electrons. The van der Waals surface area contributed by atoms with Crippen molar-refractivity contribution in [3.63, 3.8) is 0 Å². The van der Waals surface area contributed by atoms with Gasteiger partial charge in [0.15, 0.2) is 0 Å². The molecular formula is C6H10S2. The van der Waals surface area contributed by atoms with Gasteiger partial charge in [-0.2, -0.15) is 0 Å². The van der Waals surface area contributed by atoms with Gasteiger partial charge in [0.25, 0.3) is 0 Å². The summed E-state index contributed by atoms with van der Waals surface area (Å²) in [6, 6.07) is 0. The van der Waals surface area contributed by atoms with Gasteiger partial charge in [-0.05, 0) is 26.2 Å². The molecule has 0 saturated heterocycles. The molecule has 0 aromatic heterocycles. The summed E-state index contributed by atoms with van der Waals surface area (Å²) in [6.07, 6.45) is 3.99. The lowest BCUT2D eigenvalue weighted by atomic mass is 10.3. The van der Waals surface area contributed by atoms with Crippen molar-refractivity contribution in [2.45, 2.75) is 13.8 Å². The highest BCUT2D eigenvalue weighted by Gasteiger charge is 1.83. The Bertz CT molecular complexity index is 110. The van der Waals surface area contributed by atoms with Crippen molar-refractivity contribution >= 4 is 28.2 Å². The van der Waals surface area contributed by atoms with Crippen LogP contribution in [-0.4, -0.2) is 10.5 Å². The van der Waals surface area contributed by atoms with Crippen molar-refractivity contribution in [1.82, 2.24) is 0 Å². The highest BCUT2D eigenvalue weighted by molar-refractivity contribution is 8.23. The minimum absolute atomic E-state index is 0.963. The summed E-state index contributed by atoms with van der Waals surface area (Å²) >= 11 is 6.53. The van der Waals surface area contributed by atoms with Crippen molar-refractivity contribution in [1.29, 1.82) is 0 Å². The molecule has 0 fully saturated rings. The van der Waals surface area contributed by atoms with Crippen LogP contribution >= 0.6 is 24.0 Å². The summed E-state index contributed by atoms with van der Waals surface area (Å²) in [7, 11) is 0. The summed E-state index contributed by atoms with van der Waals surface area (Å²) in [5, 5.41) is 0. The maximum absolute atomic E-state index is 4.92. The largest absolute Gasteiger partial charge is 0.118 e. The lowest BCUT2D eigenvalue weighted by Gasteiger charge is -1.88. The molecule has 0 radical (unpaired) electrons. The van der Waals surface area contributed by atoms with Crippen LogP contribution in [0.2, 0.25) is 0 Å². The molecule has 0 spiro atoms. The smallest absolute Gasteiger partial charge is 0.0702 e. The normalized spacial score (nSPS) is 8.38. The molecule has 2 heteroatoms. The Morgan fingerprint density at radius 1 is 1.50 bits per heavy atom. The maximum Gasteiger partial charge on any atom is 0.0702 e. The first-order valence-electron chi connectivity index (χ1n) is 2.39. The molecule has 0 rings (SSSR count). The minimum Gasteiger partial charge on any atom is -0.118 e. The molecule has 8 heavy (non-hydrogen) atoms. The molecule has 0 nitrogen and oxygen atoms in total. The first-order chi connectivity index (χ1) is 3.66. The van der Waals surface area contributed by atoms with Crippen LogP contribution in [0.25, 0.3) is 0 Å². The summed E-state index contributed by atoms with van der Waals surface area (Å²) < 4.78 is 0.963. The Hall–Kier alpha value is 0.180. The molecule has 0 aliphatic rings. The van der Waals surface area contributed by atoms with Gasteiger partial charge in [-0.15, -0.1) is 11.8 Å². The topological polar surface area (TPSA) is 0 Å². The third-order valence-electron chi connectivity index (χ3n) is 0.608. The molecule has 0 atom stereocenters. The third kappa shape index (κ3) is 4.34. The van der Waals surface area contributed by atoms with Crippen LogP contribution < -0.4 is 0 Å². The number of allylic oxidation sites excluding steroid dienone is 1. The molecule has 0 heterocycles. The van der Waals surface area contributed by atoms with Gasteiger partial charge in [-0.25, -0.2) is 0 Å². The number of hydrogen-bond acceptors (Lipinski definition) is 2. The van der Waals surface area contributed by atoms with E-state index in [-0.39, 0.29) is 0 Å². The first kappa shape index (κ1) is 8.18. The van der Waals surface area contributed by atoms with Gasteiger partial charge < -0.3 is 0 Å². The van der Waals surface area contributed by atoms with Crippen LogP contribution in [0.15, 0.2) is 11.6 Å². The van der Waals surface area contributed by atoms with E-state index in [2.05, 4.69) is 0 Å². The predicted octanol–water partition coefficient (Wildman–Crippen LogP) is 2.64. The van der Waals surface area contributed by atoms with Crippen molar-refractivity contribution in [3.8, 4) is 0 Å². The monoisotopic (exact) mass is 146 g/mol. The van der Waals surface area contributed by atoms with E-state index in [1.165, 1.54) is 5.57 Å². The van der Waals surface area contributed by atoms with Crippen molar-refractivity contribution in [2.75, 3.05) is 6.26 Å². The van der Waals surface area contributed by atoms with Crippen molar-refractivity contribution < 1.29 is 0 Å². The molecule has 0 aliphatic heterocycles. The Kier molecular flexibility index (Phi) is 4.19. The second-order valence-corrected chi connectivity index (χ2v) is 3.29. The van der Waals surface area contributed by atoms with Crippen LogP contribution in [0.4, 0.5) is 0 Å². The van der Waals surface area contributed by atoms with Gasteiger partial charge in [0, 0.05) is 0 Å². The standard InChI is InChI=1S/C6H10S2/c1-5(2)4-6(7)8-3/h4H,1-3H3. The molecule has 0 aliphatic carbocycles. The quantitative estimate of drug-likeness (QED) is 0.412. The predicted molar refractivity (Wildman–Crippen MR) is 45.5 cm³/mol. The lowest BCUT2D eigenvalue weighted by molar-refractivity contribution is 1.41. The molecule has 0 aromatic rings. The van der Waals surface area contributed by atoms with Crippen molar-refractivity contribution in [2.24, 2.45) is 0 Å². The van der Waals surface area contributed by atoms with E-state index in [0.717, 1.165) is 4.20 Å². The van der Waals surface area contributed by atoms with E-state index < -0.39 is 0 Å². The van der Waals surface area contributed by atoms with E-state index in [4.69, 9.17) is 12.2 Å². The van der Waals surface area contributed by atoms with Gasteiger partial charge in [0.05, 0.1) is 4.20 Å². The van der Waals surface area contributed by atoms with Gasteiger partial charge in [0.2, 0.25) is 0 Å². The van der Waals surface area contributed by atoms with Gasteiger partial charge in [-0.1, -0.05) is 17.8 Å². The Balaban J connectivity index is 3.70. The summed E-state index contributed by atoms with van der Waals surface area (Å²) in [6.45, 7) is 4.09. The summed E-state index contributed by atoms with van der Waals surface area (Å²) in [4.78, 5) is 0. The average Bonchev–Trinajstić information content (AvgIpc) is 1.65. The lowest BCUT2D eigenvalue weighted by Crippen LogP contribution is -1.77. The zero-order valence-corrected chi connectivity index (χ0v) is 7.03. The van der Waals surface area contributed by atoms with Crippen LogP contribution in [0.3, 0.4) is 0 Å². The summed E-state index contributed by atoms with van der Waals surface area (Å²) in [5.41, 5.74) is 1.27. The fourth-order valence-corrected chi connectivity index (χ4v) is 0.884. The second-order valence-electron chi connectivity index (χ2n) is 1.74. The maximum atomic E-state index is 4.92. The molecule has 0 N–H and O–H groups in total. The van der Waals surface area contributed by atoms with E-state index in [1.54, 1.807) is 11.8 Å². The van der Waals surface area contributed by atoms with Crippen molar-refractivity contribution in [3.05, 3.63) is 11.6 Å². The zero-order valence-electron chi connectivity index (χ0n) is 5.39. The highest BCUT2D eigenvalue weighted by Crippen LogP contribution is 2.01. The number of rotatable bonds is 1. The average molecular weight is 146 g/mol. The molecule has 0 aromatic carbocycles. The number of thiocarbonyl (C=S) groups is 1. The molecule has 0 unspecified atom stereocenters. The minimum atomic E-state index is 0.963. The number of hydrogen-bond donors (Lipinski definition) is 0. The van der Waals surface area contributed by atoms with Crippen LogP contribution in [0.5, 0.6) is 0 Å². The highest BCUT2D eigenvalue weighted by atomic mass is 32.2. The van der Waals surface area contributed by atoms with E-state index in [1.807, 2.05) is 26.2 Å². The van der Waals surface area contributed by atoms with Crippen LogP contribution in [0, 0.1) is 0 Å². The Morgan fingerprint density at radius 3 is 2.12 bits per heavy atom. The zero-order chi connectivity index (χ0) is 6.57. The van der Waals surface area contributed by atoms with Gasteiger partial charge >= 0.3 is 0 Å². The van der Waals surface area contributed by atoms with E-state index in [9.17, 15) is 0 Å². The molecule has 0 bridgehead atoms. The van der Waals surface area contributed by atoms with Gasteiger partial charge in [-0.3, -0.25) is 0 Å². The SMILES string of the molecule is CSC(=S)C=C(C)C. The number of thioether (sulfide) groups is 1. The fourth-order valence-electron chi connectivity index (χ4n) is 0.295. The molecular weight excluding hydrogens is 136 g/mol. The summed E-state index contributed by atoms with van der Waals surface area (Å²) in [5.74, 6) is 0. The molecule has 0 amide bonds. The van der Waals surface area contributed by atoms with E-state index >= 15 is 0 Å². The first-order valence-corrected chi connectivity index (χ1v) is 4.03.